The molecule has 0 aliphatic heterocycles. The summed E-state index contributed by atoms with van der Waals surface area (Å²) in [7, 11) is 0. The summed E-state index contributed by atoms with van der Waals surface area (Å²) < 4.78 is 38.8. The predicted octanol–water partition coefficient (Wildman–Crippen LogP) is 6.21. The molecule has 0 bridgehead atoms. The molecule has 1 atom stereocenters. The molecule has 3 rings (SSSR count). The Balaban J connectivity index is 1.99. The summed E-state index contributed by atoms with van der Waals surface area (Å²) in [6.45, 7) is 1.88. The maximum atomic E-state index is 13.4. The smallest absolute Gasteiger partial charge is 0.416 e. The maximum absolute atomic E-state index is 13.4. The first-order chi connectivity index (χ1) is 15.7. The first-order valence-corrected chi connectivity index (χ1v) is 10.2. The summed E-state index contributed by atoms with van der Waals surface area (Å²) in [5.41, 5.74) is 1.56. The first-order valence-electron chi connectivity index (χ1n) is 10.2. The second kappa shape index (κ2) is 10.2. The van der Waals surface area contributed by atoms with Crippen LogP contribution >= 0.6 is 0 Å². The van der Waals surface area contributed by atoms with E-state index in [9.17, 15) is 22.8 Å². The van der Waals surface area contributed by atoms with Crippen molar-refractivity contribution >= 4 is 18.0 Å². The van der Waals surface area contributed by atoms with Gasteiger partial charge in [0.2, 0.25) is 0 Å². The number of carbonyl (C=O) groups is 2. The average molecular weight is 453 g/mol. The third kappa shape index (κ3) is 6.10. The lowest BCUT2D eigenvalue weighted by atomic mass is 9.98. The highest BCUT2D eigenvalue weighted by molar-refractivity contribution is 5.94. The Hall–Kier alpha value is -3.87. The van der Waals surface area contributed by atoms with Gasteiger partial charge in [-0.15, -0.1) is 0 Å². The molecule has 1 amide bonds. The van der Waals surface area contributed by atoms with E-state index in [4.69, 9.17) is 5.11 Å². The lowest BCUT2D eigenvalue weighted by molar-refractivity contribution is -0.137. The van der Waals surface area contributed by atoms with E-state index in [1.165, 1.54) is 18.2 Å². The van der Waals surface area contributed by atoms with E-state index in [2.05, 4.69) is 0 Å². The minimum absolute atomic E-state index is 0.0734. The Morgan fingerprint density at radius 2 is 1.55 bits per heavy atom. The molecular formula is C26H22F3NO3. The fourth-order valence-electron chi connectivity index (χ4n) is 3.50. The van der Waals surface area contributed by atoms with Crippen LogP contribution in [0.3, 0.4) is 0 Å². The van der Waals surface area contributed by atoms with Crippen molar-refractivity contribution in [2.75, 3.05) is 0 Å². The molecule has 170 valence electrons. The molecule has 1 unspecified atom stereocenters. The molecule has 1 N–H and O–H groups in total. The summed E-state index contributed by atoms with van der Waals surface area (Å²) in [4.78, 5) is 26.0. The van der Waals surface area contributed by atoms with Gasteiger partial charge in [0.25, 0.3) is 5.91 Å². The maximum Gasteiger partial charge on any atom is 0.416 e. The van der Waals surface area contributed by atoms with Crippen molar-refractivity contribution in [1.82, 2.24) is 4.90 Å². The van der Waals surface area contributed by atoms with Gasteiger partial charge in [-0.1, -0.05) is 54.6 Å². The molecule has 0 saturated carbocycles. The van der Waals surface area contributed by atoms with Crippen LogP contribution in [-0.2, 0) is 17.5 Å². The molecule has 33 heavy (non-hydrogen) atoms. The van der Waals surface area contributed by atoms with E-state index in [0.29, 0.717) is 22.3 Å². The second-order valence-corrected chi connectivity index (χ2v) is 7.47. The standard InChI is InChI=1S/C26H22F3NO3/c1-18(23-10-6-5-7-20(23)13-16-24(31)32)30(25(33)21-8-3-2-4-9-21)17-19-11-14-22(15-12-19)26(27,28)29/h2-16,18H,17H2,1H3,(H,31,32)/b16-13+. The molecule has 7 heteroatoms. The molecule has 3 aromatic rings. The number of alkyl halides is 3. The summed E-state index contributed by atoms with van der Waals surface area (Å²) in [6, 6.07) is 19.9. The Bertz CT molecular complexity index is 1140. The third-order valence-corrected chi connectivity index (χ3v) is 5.23. The van der Waals surface area contributed by atoms with Gasteiger partial charge in [-0.3, -0.25) is 4.79 Å². The van der Waals surface area contributed by atoms with Gasteiger partial charge < -0.3 is 10.0 Å². The van der Waals surface area contributed by atoms with Gasteiger partial charge in [0.15, 0.2) is 0 Å². The summed E-state index contributed by atoms with van der Waals surface area (Å²) in [5, 5.41) is 8.99. The SMILES string of the molecule is CC(c1ccccc1/C=C/C(=O)O)N(Cc1ccc(C(F)(F)F)cc1)C(=O)c1ccccc1. The molecule has 0 radical (unpaired) electrons. The number of nitrogens with zero attached hydrogens (tertiary/aromatic N) is 1. The van der Waals surface area contributed by atoms with Crippen LogP contribution in [0.2, 0.25) is 0 Å². The van der Waals surface area contributed by atoms with Gasteiger partial charge >= 0.3 is 12.1 Å². The van der Waals surface area contributed by atoms with E-state index in [-0.39, 0.29) is 12.5 Å². The van der Waals surface area contributed by atoms with E-state index < -0.39 is 23.8 Å². The van der Waals surface area contributed by atoms with Crippen molar-refractivity contribution < 1.29 is 27.9 Å². The summed E-state index contributed by atoms with van der Waals surface area (Å²) in [6.07, 6.45) is -1.97. The number of amides is 1. The molecule has 3 aromatic carbocycles. The van der Waals surface area contributed by atoms with E-state index in [1.54, 1.807) is 66.4 Å². The highest BCUT2D eigenvalue weighted by Crippen LogP contribution is 2.31. The number of hydrogen-bond acceptors (Lipinski definition) is 2. The summed E-state index contributed by atoms with van der Waals surface area (Å²) >= 11 is 0. The van der Waals surface area contributed by atoms with Crippen LogP contribution in [0, 0.1) is 0 Å². The average Bonchev–Trinajstić information content (AvgIpc) is 2.81. The van der Waals surface area contributed by atoms with Gasteiger partial charge in [-0.2, -0.15) is 13.2 Å². The van der Waals surface area contributed by atoms with E-state index in [0.717, 1.165) is 18.2 Å². The number of hydrogen-bond donors (Lipinski definition) is 1. The molecule has 0 spiro atoms. The Morgan fingerprint density at radius 3 is 2.15 bits per heavy atom. The van der Waals surface area contributed by atoms with Crippen molar-refractivity contribution in [2.45, 2.75) is 25.7 Å². The third-order valence-electron chi connectivity index (χ3n) is 5.23. The van der Waals surface area contributed by atoms with Gasteiger partial charge in [-0.25, -0.2) is 4.79 Å². The Labute approximate surface area is 189 Å². The van der Waals surface area contributed by atoms with Crippen molar-refractivity contribution in [3.63, 3.8) is 0 Å². The van der Waals surface area contributed by atoms with Crippen LogP contribution in [0.25, 0.3) is 6.08 Å². The van der Waals surface area contributed by atoms with E-state index >= 15 is 0 Å². The number of benzene rings is 3. The first kappa shape index (κ1) is 23.8. The van der Waals surface area contributed by atoms with Crippen LogP contribution in [0.1, 0.15) is 45.6 Å². The minimum Gasteiger partial charge on any atom is -0.478 e. The van der Waals surface area contributed by atoms with Gasteiger partial charge in [0, 0.05) is 18.2 Å². The number of carboxylic acid groups (broad SMARTS) is 1. The van der Waals surface area contributed by atoms with Crippen molar-refractivity contribution in [1.29, 1.82) is 0 Å². The largest absolute Gasteiger partial charge is 0.478 e. The quantitative estimate of drug-likeness (QED) is 0.433. The molecule has 4 nitrogen and oxygen atoms in total. The van der Waals surface area contributed by atoms with Crippen LogP contribution in [0.5, 0.6) is 0 Å². The van der Waals surface area contributed by atoms with Gasteiger partial charge in [-0.05, 0) is 54.0 Å². The summed E-state index contributed by atoms with van der Waals surface area (Å²) in [5.74, 6) is -1.39. The van der Waals surface area contributed by atoms with Crippen molar-refractivity contribution in [3.8, 4) is 0 Å². The van der Waals surface area contributed by atoms with Crippen molar-refractivity contribution in [2.24, 2.45) is 0 Å². The molecule has 0 aromatic heterocycles. The molecular weight excluding hydrogens is 431 g/mol. The number of aliphatic carboxylic acids is 1. The molecule has 0 aliphatic carbocycles. The Kier molecular flexibility index (Phi) is 7.33. The minimum atomic E-state index is -4.44. The predicted molar refractivity (Wildman–Crippen MR) is 119 cm³/mol. The normalized spacial score (nSPS) is 12.5. The fourth-order valence-corrected chi connectivity index (χ4v) is 3.50. The topological polar surface area (TPSA) is 57.6 Å². The molecule has 0 fully saturated rings. The number of carbonyl (C=O) groups excluding carboxylic acids is 1. The number of halogens is 3. The lowest BCUT2D eigenvalue weighted by Gasteiger charge is -2.31. The fraction of sp³-hybridized carbons (Fsp3) is 0.154. The number of rotatable bonds is 7. The highest BCUT2D eigenvalue weighted by Gasteiger charge is 2.30. The van der Waals surface area contributed by atoms with Crippen LogP contribution in [0.4, 0.5) is 13.2 Å². The lowest BCUT2D eigenvalue weighted by Crippen LogP contribution is -2.33. The van der Waals surface area contributed by atoms with Gasteiger partial charge in [0.05, 0.1) is 11.6 Å². The van der Waals surface area contributed by atoms with Gasteiger partial charge in [0.1, 0.15) is 0 Å². The Morgan fingerprint density at radius 1 is 0.939 bits per heavy atom. The molecule has 0 heterocycles. The highest BCUT2D eigenvalue weighted by atomic mass is 19.4. The number of carboxylic acids is 1. The van der Waals surface area contributed by atoms with Crippen LogP contribution in [0.15, 0.2) is 84.9 Å². The van der Waals surface area contributed by atoms with Crippen LogP contribution < -0.4 is 0 Å². The van der Waals surface area contributed by atoms with Crippen LogP contribution in [-0.4, -0.2) is 21.9 Å². The molecule has 0 aliphatic rings. The zero-order chi connectivity index (χ0) is 24.0. The second-order valence-electron chi connectivity index (χ2n) is 7.47. The zero-order valence-corrected chi connectivity index (χ0v) is 17.8. The zero-order valence-electron chi connectivity index (χ0n) is 17.8. The van der Waals surface area contributed by atoms with Crippen molar-refractivity contribution in [3.05, 3.63) is 113 Å². The van der Waals surface area contributed by atoms with E-state index in [1.807, 2.05) is 0 Å². The monoisotopic (exact) mass is 453 g/mol. The molecule has 0 saturated heterocycles.